The minimum atomic E-state index is -0.00204. The predicted octanol–water partition coefficient (Wildman–Crippen LogP) is 1.09. The fraction of sp³-hybridized carbons (Fsp3) is 1.00. The molecule has 1 saturated carbocycles. The molecule has 2 aliphatic rings. The Hall–Kier alpha value is -0.160. The Morgan fingerprint density at radius 3 is 2.74 bits per heavy atom. The van der Waals surface area contributed by atoms with Crippen LogP contribution < -0.4 is 5.32 Å². The lowest BCUT2D eigenvalue weighted by Gasteiger charge is -2.42. The molecule has 1 aliphatic heterocycles. The first-order valence-corrected chi connectivity index (χ1v) is 7.78. The second-order valence-electron chi connectivity index (χ2n) is 6.54. The normalized spacial score (nSPS) is 41.4. The maximum atomic E-state index is 9.31. The minimum Gasteiger partial charge on any atom is -0.394 e. The van der Waals surface area contributed by atoms with Crippen molar-refractivity contribution < 1.29 is 9.84 Å². The van der Waals surface area contributed by atoms with Gasteiger partial charge in [0, 0.05) is 25.7 Å². The highest BCUT2D eigenvalue weighted by Crippen LogP contribution is 2.30. The summed E-state index contributed by atoms with van der Waals surface area (Å²) in [5.41, 5.74) is 0. The number of rotatable bonds is 4. The Labute approximate surface area is 117 Å². The number of nitrogens with one attached hydrogen (secondary N) is 1. The molecule has 4 heteroatoms. The number of nitrogens with zero attached hydrogens (tertiary/aromatic N) is 1. The molecule has 4 nitrogen and oxygen atoms in total. The van der Waals surface area contributed by atoms with E-state index in [-0.39, 0.29) is 18.8 Å². The van der Waals surface area contributed by atoms with Gasteiger partial charge in [-0.2, -0.15) is 0 Å². The van der Waals surface area contributed by atoms with Crippen LogP contribution in [0.5, 0.6) is 0 Å². The maximum absolute atomic E-state index is 9.31. The van der Waals surface area contributed by atoms with Crippen LogP contribution >= 0.6 is 0 Å². The van der Waals surface area contributed by atoms with Gasteiger partial charge in [0.2, 0.25) is 0 Å². The zero-order valence-electron chi connectivity index (χ0n) is 12.6. The van der Waals surface area contributed by atoms with Crippen molar-refractivity contribution in [3.05, 3.63) is 0 Å². The third-order valence-corrected chi connectivity index (χ3v) is 4.71. The van der Waals surface area contributed by atoms with Gasteiger partial charge < -0.3 is 15.2 Å². The smallest absolute Gasteiger partial charge is 0.0936 e. The summed E-state index contributed by atoms with van der Waals surface area (Å²) in [6.07, 6.45) is 4.20. The molecule has 0 amide bonds. The van der Waals surface area contributed by atoms with Gasteiger partial charge in [0.05, 0.1) is 18.8 Å². The van der Waals surface area contributed by atoms with Gasteiger partial charge in [-0.3, -0.25) is 4.90 Å². The van der Waals surface area contributed by atoms with Crippen molar-refractivity contribution in [2.24, 2.45) is 11.8 Å². The molecule has 0 aromatic rings. The molecule has 0 radical (unpaired) electrons. The molecule has 0 spiro atoms. The summed E-state index contributed by atoms with van der Waals surface area (Å²) < 4.78 is 5.72. The number of hydrogen-bond donors (Lipinski definition) is 2. The van der Waals surface area contributed by atoms with Crippen LogP contribution in [0.25, 0.3) is 0 Å². The van der Waals surface area contributed by atoms with Gasteiger partial charge in [0.1, 0.15) is 0 Å². The van der Waals surface area contributed by atoms with Gasteiger partial charge in [-0.1, -0.05) is 6.92 Å². The van der Waals surface area contributed by atoms with E-state index in [2.05, 4.69) is 31.1 Å². The van der Waals surface area contributed by atoms with Gasteiger partial charge in [-0.05, 0) is 45.1 Å². The molecular weight excluding hydrogens is 240 g/mol. The molecular formula is C15H30N2O2. The summed E-state index contributed by atoms with van der Waals surface area (Å²) >= 11 is 0. The van der Waals surface area contributed by atoms with Crippen molar-refractivity contribution in [3.63, 3.8) is 0 Å². The van der Waals surface area contributed by atoms with Crippen molar-refractivity contribution in [2.75, 3.05) is 33.3 Å². The molecule has 1 aliphatic carbocycles. The fourth-order valence-corrected chi connectivity index (χ4v) is 3.80. The molecule has 19 heavy (non-hydrogen) atoms. The zero-order valence-corrected chi connectivity index (χ0v) is 12.6. The Morgan fingerprint density at radius 2 is 2.05 bits per heavy atom. The van der Waals surface area contributed by atoms with Gasteiger partial charge >= 0.3 is 0 Å². The molecule has 0 bridgehead atoms. The monoisotopic (exact) mass is 270 g/mol. The Morgan fingerprint density at radius 1 is 1.26 bits per heavy atom. The summed E-state index contributed by atoms with van der Waals surface area (Å²) in [5, 5.41) is 12.8. The highest BCUT2D eigenvalue weighted by Gasteiger charge is 2.32. The first-order valence-electron chi connectivity index (χ1n) is 7.78. The zero-order chi connectivity index (χ0) is 13.8. The molecule has 0 aromatic heterocycles. The van der Waals surface area contributed by atoms with Gasteiger partial charge in [-0.15, -0.1) is 0 Å². The van der Waals surface area contributed by atoms with Crippen LogP contribution in [0.15, 0.2) is 0 Å². The Bertz CT molecular complexity index is 275. The first kappa shape index (κ1) is 15.2. The molecule has 1 saturated heterocycles. The lowest BCUT2D eigenvalue weighted by Crippen LogP contribution is -2.52. The summed E-state index contributed by atoms with van der Waals surface area (Å²) in [6.45, 7) is 7.63. The first-order chi connectivity index (χ1) is 9.12. The summed E-state index contributed by atoms with van der Waals surface area (Å²) in [7, 11) is 2.09. The van der Waals surface area contributed by atoms with Crippen molar-refractivity contribution in [1.82, 2.24) is 10.2 Å². The molecule has 112 valence electrons. The van der Waals surface area contributed by atoms with Crippen LogP contribution in [0.2, 0.25) is 0 Å². The van der Waals surface area contributed by atoms with E-state index >= 15 is 0 Å². The van der Waals surface area contributed by atoms with Crippen LogP contribution in [0, 0.1) is 11.8 Å². The number of aliphatic hydroxyl groups is 1. The largest absolute Gasteiger partial charge is 0.394 e. The lowest BCUT2D eigenvalue weighted by molar-refractivity contribution is -0.0997. The average Bonchev–Trinajstić information content (AvgIpc) is 2.38. The Kier molecular flexibility index (Phi) is 5.63. The van der Waals surface area contributed by atoms with E-state index in [1.165, 1.54) is 19.3 Å². The second kappa shape index (κ2) is 7.02. The number of hydrogen-bond acceptors (Lipinski definition) is 4. The average molecular weight is 270 g/mol. The third-order valence-electron chi connectivity index (χ3n) is 4.71. The van der Waals surface area contributed by atoms with Crippen LogP contribution in [0.4, 0.5) is 0 Å². The van der Waals surface area contributed by atoms with E-state index in [0.717, 1.165) is 31.5 Å². The summed E-state index contributed by atoms with van der Waals surface area (Å²) in [4.78, 5) is 2.49. The van der Waals surface area contributed by atoms with E-state index < -0.39 is 0 Å². The van der Waals surface area contributed by atoms with Crippen molar-refractivity contribution in [3.8, 4) is 0 Å². The number of morpholine rings is 1. The van der Waals surface area contributed by atoms with E-state index in [1.807, 2.05) is 0 Å². The minimum absolute atomic E-state index is 0.00204. The fourth-order valence-electron chi connectivity index (χ4n) is 3.80. The van der Waals surface area contributed by atoms with Crippen LogP contribution in [0.1, 0.15) is 33.1 Å². The van der Waals surface area contributed by atoms with Crippen molar-refractivity contribution >= 4 is 0 Å². The SMILES string of the molecule is CNC1CCC(C)CC1CN1CC(C)OC(CO)C1. The van der Waals surface area contributed by atoms with E-state index in [1.54, 1.807) is 0 Å². The molecule has 5 unspecified atom stereocenters. The van der Waals surface area contributed by atoms with Gasteiger partial charge in [-0.25, -0.2) is 0 Å². The second-order valence-corrected chi connectivity index (χ2v) is 6.54. The Balaban J connectivity index is 1.90. The molecule has 2 fully saturated rings. The number of ether oxygens (including phenoxy) is 1. The predicted molar refractivity (Wildman–Crippen MR) is 77.2 cm³/mol. The molecule has 5 atom stereocenters. The van der Waals surface area contributed by atoms with E-state index in [0.29, 0.717) is 6.04 Å². The quantitative estimate of drug-likeness (QED) is 0.803. The molecule has 2 rings (SSSR count). The third kappa shape index (κ3) is 4.15. The van der Waals surface area contributed by atoms with Crippen LogP contribution in [-0.2, 0) is 4.74 Å². The molecule has 0 aromatic carbocycles. The van der Waals surface area contributed by atoms with Crippen molar-refractivity contribution in [1.29, 1.82) is 0 Å². The highest BCUT2D eigenvalue weighted by molar-refractivity contribution is 4.86. The van der Waals surface area contributed by atoms with Crippen LogP contribution in [0.3, 0.4) is 0 Å². The van der Waals surface area contributed by atoms with E-state index in [9.17, 15) is 5.11 Å². The highest BCUT2D eigenvalue weighted by atomic mass is 16.5. The molecule has 1 heterocycles. The van der Waals surface area contributed by atoms with Gasteiger partial charge in [0.15, 0.2) is 0 Å². The lowest BCUT2D eigenvalue weighted by atomic mass is 9.78. The number of aliphatic hydroxyl groups excluding tert-OH is 1. The summed E-state index contributed by atoms with van der Waals surface area (Å²) in [5.74, 6) is 1.58. The van der Waals surface area contributed by atoms with Crippen LogP contribution in [-0.4, -0.2) is 61.5 Å². The maximum Gasteiger partial charge on any atom is 0.0936 e. The standard InChI is InChI=1S/C15H30N2O2/c1-11-4-5-15(16-3)13(6-11)8-17-7-12(2)19-14(9-17)10-18/h11-16,18H,4-10H2,1-3H3. The molecule has 2 N–H and O–H groups in total. The van der Waals surface area contributed by atoms with E-state index in [4.69, 9.17) is 4.74 Å². The topological polar surface area (TPSA) is 44.7 Å². The van der Waals surface area contributed by atoms with Gasteiger partial charge in [0.25, 0.3) is 0 Å². The van der Waals surface area contributed by atoms with Crippen molar-refractivity contribution in [2.45, 2.75) is 51.4 Å². The summed E-state index contributed by atoms with van der Waals surface area (Å²) in [6, 6.07) is 0.655.